The first-order chi connectivity index (χ1) is 11.4. The highest BCUT2D eigenvalue weighted by Crippen LogP contribution is 2.37. The molecule has 0 fully saturated rings. The summed E-state index contributed by atoms with van der Waals surface area (Å²) < 4.78 is 6.97. The van der Waals surface area contributed by atoms with Crippen LogP contribution in [0.3, 0.4) is 0 Å². The quantitative estimate of drug-likeness (QED) is 0.514. The Morgan fingerprint density at radius 3 is 1.79 bits per heavy atom. The van der Waals surface area contributed by atoms with Crippen LogP contribution in [0.5, 0.6) is 0 Å². The molecule has 1 atom stereocenters. The van der Waals surface area contributed by atoms with Crippen LogP contribution >= 0.6 is 0 Å². The molecule has 0 amide bonds. The highest BCUT2D eigenvalue weighted by molar-refractivity contribution is 6.99. The van der Waals surface area contributed by atoms with Crippen LogP contribution in [-0.4, -0.2) is 14.4 Å². The minimum absolute atomic E-state index is 0.0398. The summed E-state index contributed by atoms with van der Waals surface area (Å²) in [5, 5.41) is 2.72. The van der Waals surface area contributed by atoms with Gasteiger partial charge in [0.15, 0.2) is 0 Å². The Kier molecular flexibility index (Phi) is 6.19. The van der Waals surface area contributed by atoms with E-state index in [0.717, 1.165) is 12.8 Å². The number of hydrogen-bond acceptors (Lipinski definition) is 1. The van der Waals surface area contributed by atoms with Gasteiger partial charge in [-0.3, -0.25) is 0 Å². The monoisotopic (exact) mass is 338 g/mol. The van der Waals surface area contributed by atoms with Crippen molar-refractivity contribution in [1.29, 1.82) is 0 Å². The maximum atomic E-state index is 6.97. The fraction of sp³-hybridized carbons (Fsp3) is 0.364. The molecule has 0 N–H and O–H groups in total. The lowest BCUT2D eigenvalue weighted by atomic mass is 10.2. The predicted octanol–water partition coefficient (Wildman–Crippen LogP) is 4.92. The lowest BCUT2D eigenvalue weighted by Gasteiger charge is -2.44. The van der Waals surface area contributed by atoms with Gasteiger partial charge in [-0.2, -0.15) is 0 Å². The topological polar surface area (TPSA) is 9.23 Å². The molecule has 0 aliphatic rings. The first-order valence-corrected chi connectivity index (χ1v) is 10.7. The van der Waals surface area contributed by atoms with Crippen molar-refractivity contribution in [2.75, 3.05) is 0 Å². The highest BCUT2D eigenvalue weighted by Gasteiger charge is 2.50. The largest absolute Gasteiger partial charge is 0.405 e. The molecule has 0 radical (unpaired) electrons. The van der Waals surface area contributed by atoms with Gasteiger partial charge in [0, 0.05) is 6.10 Å². The molecule has 0 bridgehead atoms. The Morgan fingerprint density at radius 1 is 0.958 bits per heavy atom. The molecule has 0 spiro atoms. The van der Waals surface area contributed by atoms with Gasteiger partial charge in [0.05, 0.1) is 0 Å². The summed E-state index contributed by atoms with van der Waals surface area (Å²) in [6.45, 7) is 13.0. The Morgan fingerprint density at radius 2 is 1.42 bits per heavy atom. The van der Waals surface area contributed by atoms with Crippen LogP contribution in [0, 0.1) is 0 Å². The van der Waals surface area contributed by atoms with E-state index in [-0.39, 0.29) is 11.1 Å². The third-order valence-corrected chi connectivity index (χ3v) is 9.73. The van der Waals surface area contributed by atoms with Gasteiger partial charge in [-0.15, -0.1) is 6.58 Å². The van der Waals surface area contributed by atoms with Gasteiger partial charge in [-0.1, -0.05) is 87.5 Å². The molecule has 0 aromatic heterocycles. The maximum Gasteiger partial charge on any atom is 0.261 e. The van der Waals surface area contributed by atoms with Crippen LogP contribution in [0.25, 0.3) is 0 Å². The molecule has 2 heteroatoms. The normalized spacial score (nSPS) is 13.5. The summed E-state index contributed by atoms with van der Waals surface area (Å²) in [5.74, 6) is 0. The molecule has 1 nitrogen and oxygen atoms in total. The maximum absolute atomic E-state index is 6.97. The summed E-state index contributed by atoms with van der Waals surface area (Å²) in [7, 11) is -2.40. The Balaban J connectivity index is 2.59. The van der Waals surface area contributed by atoms with Crippen LogP contribution in [0.2, 0.25) is 5.04 Å². The van der Waals surface area contributed by atoms with Gasteiger partial charge in [-0.25, -0.2) is 0 Å². The lowest BCUT2D eigenvalue weighted by Crippen LogP contribution is -2.67. The Labute approximate surface area is 148 Å². The van der Waals surface area contributed by atoms with Gasteiger partial charge in [-0.05, 0) is 35.2 Å². The summed E-state index contributed by atoms with van der Waals surface area (Å²) >= 11 is 0. The summed E-state index contributed by atoms with van der Waals surface area (Å²) in [6.07, 6.45) is 4.17. The van der Waals surface area contributed by atoms with Crippen molar-refractivity contribution >= 4 is 18.7 Å². The zero-order valence-electron chi connectivity index (χ0n) is 15.5. The third-order valence-electron chi connectivity index (χ3n) is 4.57. The second-order valence-electron chi connectivity index (χ2n) is 7.46. The van der Waals surface area contributed by atoms with Gasteiger partial charge in [0.25, 0.3) is 8.32 Å². The van der Waals surface area contributed by atoms with Crippen LogP contribution in [0.15, 0.2) is 73.3 Å². The lowest BCUT2D eigenvalue weighted by molar-refractivity contribution is 0.197. The number of benzene rings is 2. The molecule has 2 rings (SSSR count). The van der Waals surface area contributed by atoms with Crippen molar-refractivity contribution in [3.8, 4) is 0 Å². The van der Waals surface area contributed by atoms with E-state index in [1.165, 1.54) is 10.4 Å². The molecular formula is C22H30OSi. The van der Waals surface area contributed by atoms with E-state index >= 15 is 0 Å². The van der Waals surface area contributed by atoms with Crippen LogP contribution in [-0.2, 0) is 4.43 Å². The van der Waals surface area contributed by atoms with Crippen LogP contribution in [0.4, 0.5) is 0 Å². The molecule has 0 aliphatic carbocycles. The van der Waals surface area contributed by atoms with Gasteiger partial charge in [0.1, 0.15) is 0 Å². The van der Waals surface area contributed by atoms with E-state index in [1.54, 1.807) is 0 Å². The second kappa shape index (κ2) is 7.95. The van der Waals surface area contributed by atoms with E-state index < -0.39 is 8.32 Å². The number of rotatable bonds is 7. The standard InChI is InChI=1S/C22H30OSi/c1-6-7-14-19(2)23-24(22(3,4)5,20-15-10-8-11-16-20)21-17-12-9-13-18-21/h6,8-13,15-19H,1,7,14H2,2-5H3. The zero-order chi connectivity index (χ0) is 17.6. The van der Waals surface area contributed by atoms with E-state index in [0.29, 0.717) is 0 Å². The van der Waals surface area contributed by atoms with E-state index in [4.69, 9.17) is 4.43 Å². The summed E-state index contributed by atoms with van der Waals surface area (Å²) in [5.41, 5.74) is 0. The van der Waals surface area contributed by atoms with E-state index in [2.05, 4.69) is 94.9 Å². The first-order valence-electron chi connectivity index (χ1n) is 8.81. The Bertz CT molecular complexity index is 589. The third kappa shape index (κ3) is 3.88. The fourth-order valence-corrected chi connectivity index (χ4v) is 8.14. The van der Waals surface area contributed by atoms with Crippen LogP contribution < -0.4 is 10.4 Å². The second-order valence-corrected chi connectivity index (χ2v) is 11.7. The van der Waals surface area contributed by atoms with Gasteiger partial charge < -0.3 is 4.43 Å². The van der Waals surface area contributed by atoms with Gasteiger partial charge >= 0.3 is 0 Å². The molecule has 0 aliphatic heterocycles. The average Bonchev–Trinajstić information content (AvgIpc) is 2.58. The average molecular weight is 339 g/mol. The van der Waals surface area contributed by atoms with Crippen molar-refractivity contribution in [2.45, 2.75) is 51.7 Å². The number of allylic oxidation sites excluding steroid dienone is 1. The van der Waals surface area contributed by atoms with Gasteiger partial charge in [0.2, 0.25) is 0 Å². The minimum Gasteiger partial charge on any atom is -0.405 e. The minimum atomic E-state index is -2.40. The number of hydrogen-bond donors (Lipinski definition) is 0. The van der Waals surface area contributed by atoms with Crippen molar-refractivity contribution < 1.29 is 4.43 Å². The SMILES string of the molecule is C=CCCC(C)O[Si](c1ccccc1)(c1ccccc1)C(C)(C)C. The molecule has 0 saturated heterocycles. The molecule has 2 aromatic rings. The summed E-state index contributed by atoms with van der Waals surface area (Å²) in [6, 6.07) is 21.6. The molecule has 2 aromatic carbocycles. The fourth-order valence-electron chi connectivity index (χ4n) is 3.40. The molecule has 0 saturated carbocycles. The molecule has 24 heavy (non-hydrogen) atoms. The van der Waals surface area contributed by atoms with Crippen molar-refractivity contribution in [3.05, 3.63) is 73.3 Å². The highest BCUT2D eigenvalue weighted by atomic mass is 28.4. The van der Waals surface area contributed by atoms with Crippen LogP contribution in [0.1, 0.15) is 40.5 Å². The molecule has 0 heterocycles. The molecule has 128 valence electrons. The van der Waals surface area contributed by atoms with Crippen molar-refractivity contribution in [2.24, 2.45) is 0 Å². The van der Waals surface area contributed by atoms with E-state index in [9.17, 15) is 0 Å². The predicted molar refractivity (Wildman–Crippen MR) is 108 cm³/mol. The van der Waals surface area contributed by atoms with Crippen molar-refractivity contribution in [3.63, 3.8) is 0 Å². The van der Waals surface area contributed by atoms with Crippen molar-refractivity contribution in [1.82, 2.24) is 0 Å². The first kappa shape index (κ1) is 18.7. The molecular weight excluding hydrogens is 308 g/mol. The summed E-state index contributed by atoms with van der Waals surface area (Å²) in [4.78, 5) is 0. The Hall–Kier alpha value is -1.64. The smallest absolute Gasteiger partial charge is 0.261 e. The van der Waals surface area contributed by atoms with E-state index in [1.807, 2.05) is 6.08 Å². The zero-order valence-corrected chi connectivity index (χ0v) is 16.5. The molecule has 1 unspecified atom stereocenters.